The van der Waals surface area contributed by atoms with E-state index < -0.39 is 0 Å². The Labute approximate surface area is 78.4 Å². The van der Waals surface area contributed by atoms with Crippen LogP contribution >= 0.6 is 0 Å². The lowest BCUT2D eigenvalue weighted by molar-refractivity contribution is 0.0822. The fourth-order valence-electron chi connectivity index (χ4n) is 1.04. The van der Waals surface area contributed by atoms with E-state index in [1.807, 2.05) is 12.1 Å². The Hall–Kier alpha value is -1.38. The van der Waals surface area contributed by atoms with Crippen LogP contribution in [0.25, 0.3) is 0 Å². The Morgan fingerprint density at radius 3 is 2.77 bits per heavy atom. The van der Waals surface area contributed by atoms with Crippen molar-refractivity contribution < 1.29 is 4.79 Å². The number of aromatic nitrogens is 1. The van der Waals surface area contributed by atoms with E-state index in [1.54, 1.807) is 20.3 Å². The number of pyridine rings is 1. The summed E-state index contributed by atoms with van der Waals surface area (Å²) in [6.45, 7) is 2.05. The molecule has 0 aliphatic rings. The van der Waals surface area contributed by atoms with Gasteiger partial charge in [-0.1, -0.05) is 6.92 Å². The van der Waals surface area contributed by atoms with Crippen molar-refractivity contribution in [2.45, 2.75) is 13.3 Å². The summed E-state index contributed by atoms with van der Waals surface area (Å²) < 4.78 is 0. The number of rotatable bonds is 2. The highest BCUT2D eigenvalue weighted by atomic mass is 16.2. The van der Waals surface area contributed by atoms with Gasteiger partial charge in [0.2, 0.25) is 0 Å². The van der Waals surface area contributed by atoms with Gasteiger partial charge >= 0.3 is 0 Å². The molecule has 70 valence electrons. The molecule has 0 saturated carbocycles. The van der Waals surface area contributed by atoms with Crippen molar-refractivity contribution in [1.29, 1.82) is 0 Å². The Kier molecular flexibility index (Phi) is 3.01. The van der Waals surface area contributed by atoms with Gasteiger partial charge in [0.25, 0.3) is 5.91 Å². The van der Waals surface area contributed by atoms with Gasteiger partial charge in [0.1, 0.15) is 5.69 Å². The molecule has 1 aromatic heterocycles. The molecule has 0 fully saturated rings. The van der Waals surface area contributed by atoms with Gasteiger partial charge in [-0.15, -0.1) is 0 Å². The van der Waals surface area contributed by atoms with E-state index in [9.17, 15) is 4.79 Å². The average Bonchev–Trinajstić information content (AvgIpc) is 2.16. The first-order chi connectivity index (χ1) is 6.15. The predicted octanol–water partition coefficient (Wildman–Crippen LogP) is 1.35. The summed E-state index contributed by atoms with van der Waals surface area (Å²) >= 11 is 0. The molecule has 1 rings (SSSR count). The molecule has 0 aromatic carbocycles. The molecule has 0 aliphatic carbocycles. The highest BCUT2D eigenvalue weighted by Gasteiger charge is 2.08. The Bertz CT molecular complexity index is 308. The number of hydrogen-bond donors (Lipinski definition) is 0. The van der Waals surface area contributed by atoms with Crippen molar-refractivity contribution in [3.8, 4) is 0 Å². The van der Waals surface area contributed by atoms with E-state index >= 15 is 0 Å². The first-order valence-corrected chi connectivity index (χ1v) is 4.31. The van der Waals surface area contributed by atoms with Crippen molar-refractivity contribution in [2.24, 2.45) is 0 Å². The minimum atomic E-state index is -0.0460. The molecule has 0 unspecified atom stereocenters. The van der Waals surface area contributed by atoms with Gasteiger partial charge < -0.3 is 4.90 Å². The van der Waals surface area contributed by atoms with Gasteiger partial charge in [0.05, 0.1) is 0 Å². The highest BCUT2D eigenvalue weighted by molar-refractivity contribution is 5.92. The molecule has 1 heterocycles. The second-order valence-corrected chi connectivity index (χ2v) is 3.10. The Morgan fingerprint density at radius 1 is 1.54 bits per heavy atom. The lowest BCUT2D eigenvalue weighted by Crippen LogP contribution is -2.22. The summed E-state index contributed by atoms with van der Waals surface area (Å²) in [7, 11) is 3.45. The van der Waals surface area contributed by atoms with E-state index in [0.717, 1.165) is 12.0 Å². The van der Waals surface area contributed by atoms with Crippen molar-refractivity contribution in [3.05, 3.63) is 29.6 Å². The second kappa shape index (κ2) is 4.03. The van der Waals surface area contributed by atoms with E-state index in [1.165, 1.54) is 4.90 Å². The van der Waals surface area contributed by atoms with Gasteiger partial charge in [-0.3, -0.25) is 9.78 Å². The van der Waals surface area contributed by atoms with Gasteiger partial charge in [-0.05, 0) is 24.1 Å². The van der Waals surface area contributed by atoms with Crippen LogP contribution < -0.4 is 0 Å². The zero-order valence-electron chi connectivity index (χ0n) is 8.24. The van der Waals surface area contributed by atoms with Crippen LogP contribution in [0.2, 0.25) is 0 Å². The van der Waals surface area contributed by atoms with Crippen LogP contribution in [-0.2, 0) is 6.42 Å². The summed E-state index contributed by atoms with van der Waals surface area (Å²) in [6, 6.07) is 3.76. The Morgan fingerprint density at radius 2 is 2.23 bits per heavy atom. The monoisotopic (exact) mass is 178 g/mol. The van der Waals surface area contributed by atoms with E-state index in [0.29, 0.717) is 5.69 Å². The third kappa shape index (κ3) is 2.28. The Balaban J connectivity index is 2.95. The van der Waals surface area contributed by atoms with Gasteiger partial charge in [0, 0.05) is 20.3 Å². The summed E-state index contributed by atoms with van der Waals surface area (Å²) in [6.07, 6.45) is 2.60. The van der Waals surface area contributed by atoms with Crippen molar-refractivity contribution in [2.75, 3.05) is 14.1 Å². The van der Waals surface area contributed by atoms with Crippen LogP contribution in [0.3, 0.4) is 0 Å². The average molecular weight is 178 g/mol. The summed E-state index contributed by atoms with van der Waals surface area (Å²) in [5.74, 6) is -0.0460. The number of carbonyl (C=O) groups is 1. The minimum Gasteiger partial charge on any atom is -0.343 e. The molecule has 1 aromatic rings. The lowest BCUT2D eigenvalue weighted by atomic mass is 10.2. The smallest absolute Gasteiger partial charge is 0.271 e. The molecule has 0 aliphatic heterocycles. The van der Waals surface area contributed by atoms with Crippen LogP contribution in [0.5, 0.6) is 0 Å². The van der Waals surface area contributed by atoms with Crippen molar-refractivity contribution in [3.63, 3.8) is 0 Å². The molecule has 0 radical (unpaired) electrons. The normalized spacial score (nSPS) is 9.77. The maximum Gasteiger partial charge on any atom is 0.271 e. The SMILES string of the molecule is CCc1ccnc(C(=O)N(C)C)c1. The van der Waals surface area contributed by atoms with Crippen molar-refractivity contribution >= 4 is 5.91 Å². The number of hydrogen-bond acceptors (Lipinski definition) is 2. The first kappa shape index (κ1) is 9.71. The van der Waals surface area contributed by atoms with Gasteiger partial charge in [-0.25, -0.2) is 0 Å². The number of aryl methyl sites for hydroxylation is 1. The molecule has 3 heteroatoms. The number of nitrogens with zero attached hydrogens (tertiary/aromatic N) is 2. The van der Waals surface area contributed by atoms with Gasteiger partial charge in [-0.2, -0.15) is 0 Å². The quantitative estimate of drug-likeness (QED) is 0.684. The van der Waals surface area contributed by atoms with Crippen LogP contribution in [0, 0.1) is 0 Å². The molecule has 0 N–H and O–H groups in total. The van der Waals surface area contributed by atoms with Crippen LogP contribution in [0.15, 0.2) is 18.3 Å². The fourth-order valence-corrected chi connectivity index (χ4v) is 1.04. The van der Waals surface area contributed by atoms with Crippen LogP contribution in [0.4, 0.5) is 0 Å². The largest absolute Gasteiger partial charge is 0.343 e. The number of amides is 1. The molecule has 0 saturated heterocycles. The summed E-state index contributed by atoms with van der Waals surface area (Å²) in [4.78, 5) is 17.0. The first-order valence-electron chi connectivity index (χ1n) is 4.31. The fraction of sp³-hybridized carbons (Fsp3) is 0.400. The predicted molar refractivity (Wildman–Crippen MR) is 51.6 cm³/mol. The molecule has 13 heavy (non-hydrogen) atoms. The summed E-state index contributed by atoms with van der Waals surface area (Å²) in [5.41, 5.74) is 1.66. The summed E-state index contributed by atoms with van der Waals surface area (Å²) in [5, 5.41) is 0. The van der Waals surface area contributed by atoms with E-state index in [-0.39, 0.29) is 5.91 Å². The number of carbonyl (C=O) groups excluding carboxylic acids is 1. The molecule has 0 atom stereocenters. The maximum atomic E-state index is 11.5. The third-order valence-corrected chi connectivity index (χ3v) is 1.86. The molecule has 3 nitrogen and oxygen atoms in total. The van der Waals surface area contributed by atoms with Crippen molar-refractivity contribution in [1.82, 2.24) is 9.88 Å². The molecule has 0 spiro atoms. The molecular formula is C10H14N2O. The van der Waals surface area contributed by atoms with E-state index in [4.69, 9.17) is 0 Å². The maximum absolute atomic E-state index is 11.5. The van der Waals surface area contributed by atoms with E-state index in [2.05, 4.69) is 11.9 Å². The molecule has 1 amide bonds. The van der Waals surface area contributed by atoms with Crippen LogP contribution in [0.1, 0.15) is 23.0 Å². The zero-order chi connectivity index (χ0) is 9.84. The van der Waals surface area contributed by atoms with Gasteiger partial charge in [0.15, 0.2) is 0 Å². The minimum absolute atomic E-state index is 0.0460. The lowest BCUT2D eigenvalue weighted by Gasteiger charge is -2.09. The third-order valence-electron chi connectivity index (χ3n) is 1.86. The van der Waals surface area contributed by atoms with Crippen LogP contribution in [-0.4, -0.2) is 29.9 Å². The standard InChI is InChI=1S/C10H14N2O/c1-4-8-5-6-11-9(7-8)10(13)12(2)3/h5-7H,4H2,1-3H3. The highest BCUT2D eigenvalue weighted by Crippen LogP contribution is 2.04. The second-order valence-electron chi connectivity index (χ2n) is 3.10. The molecule has 0 bridgehead atoms. The topological polar surface area (TPSA) is 33.2 Å². The zero-order valence-corrected chi connectivity index (χ0v) is 8.24. The molecular weight excluding hydrogens is 164 g/mol.